The molecule has 1 amide bonds. The van der Waals surface area contributed by atoms with Crippen molar-refractivity contribution in [2.24, 2.45) is 5.92 Å². The van der Waals surface area contributed by atoms with Crippen LogP contribution in [0.5, 0.6) is 0 Å². The number of amides is 1. The molecule has 5 heteroatoms. The fourth-order valence-corrected chi connectivity index (χ4v) is 1.69. The summed E-state index contributed by atoms with van der Waals surface area (Å²) in [6.07, 6.45) is 4.98. The molecule has 0 aliphatic carbocycles. The Morgan fingerprint density at radius 1 is 1.60 bits per heavy atom. The first-order chi connectivity index (χ1) is 7.11. The minimum Gasteiger partial charge on any atom is -0.469 e. The fourth-order valence-electron chi connectivity index (χ4n) is 0.798. The van der Waals surface area contributed by atoms with Crippen LogP contribution >= 0.6 is 11.8 Å². The summed E-state index contributed by atoms with van der Waals surface area (Å²) in [4.78, 5) is 22.1. The summed E-state index contributed by atoms with van der Waals surface area (Å²) in [6.45, 7) is 2.00. The van der Waals surface area contributed by atoms with Crippen LogP contribution < -0.4 is 5.32 Å². The maximum Gasteiger partial charge on any atom is 0.309 e. The van der Waals surface area contributed by atoms with Crippen molar-refractivity contribution in [3.05, 3.63) is 0 Å². The highest BCUT2D eigenvalue weighted by Gasteiger charge is 2.13. The number of hydrogen-bond acceptors (Lipinski definition) is 4. The Morgan fingerprint density at radius 2 is 2.27 bits per heavy atom. The van der Waals surface area contributed by atoms with Gasteiger partial charge >= 0.3 is 5.97 Å². The van der Waals surface area contributed by atoms with Crippen LogP contribution in [0.3, 0.4) is 0 Å². The van der Waals surface area contributed by atoms with Crippen molar-refractivity contribution in [2.75, 3.05) is 25.2 Å². The quantitative estimate of drug-likeness (QED) is 0.525. The van der Waals surface area contributed by atoms with Gasteiger partial charge in [0.2, 0.25) is 5.91 Å². The smallest absolute Gasteiger partial charge is 0.309 e. The number of carbonyl (C=O) groups excluding carboxylic acids is 2. The first-order valence-electron chi connectivity index (χ1n) is 4.47. The van der Waals surface area contributed by atoms with Gasteiger partial charge in [-0.25, -0.2) is 0 Å². The third-order valence-electron chi connectivity index (χ3n) is 1.59. The van der Waals surface area contributed by atoms with Crippen LogP contribution in [0.15, 0.2) is 0 Å². The lowest BCUT2D eigenvalue weighted by molar-refractivity contribution is -0.144. The van der Waals surface area contributed by atoms with Gasteiger partial charge in [0.25, 0.3) is 0 Å². The van der Waals surface area contributed by atoms with Crippen molar-refractivity contribution in [2.45, 2.75) is 6.92 Å². The van der Waals surface area contributed by atoms with Crippen molar-refractivity contribution in [3.63, 3.8) is 0 Å². The number of carbonyl (C=O) groups is 2. The van der Waals surface area contributed by atoms with E-state index in [4.69, 9.17) is 6.42 Å². The summed E-state index contributed by atoms with van der Waals surface area (Å²) >= 11 is 1.38. The molecule has 0 heterocycles. The molecule has 0 rings (SSSR count). The highest BCUT2D eigenvalue weighted by molar-refractivity contribution is 7.99. The van der Waals surface area contributed by atoms with E-state index in [-0.39, 0.29) is 24.3 Å². The summed E-state index contributed by atoms with van der Waals surface area (Å²) in [5.41, 5.74) is 0. The molecule has 1 atom stereocenters. The second kappa shape index (κ2) is 8.18. The van der Waals surface area contributed by atoms with Gasteiger partial charge in [-0.1, -0.05) is 12.8 Å². The molecule has 0 saturated carbocycles. The van der Waals surface area contributed by atoms with Crippen LogP contribution in [0.4, 0.5) is 0 Å². The second-order valence-corrected chi connectivity index (χ2v) is 3.95. The van der Waals surface area contributed by atoms with Gasteiger partial charge in [-0.3, -0.25) is 9.59 Å². The summed E-state index contributed by atoms with van der Waals surface area (Å²) < 4.78 is 4.56. The first kappa shape index (κ1) is 13.8. The molecule has 0 aromatic heterocycles. The zero-order chi connectivity index (χ0) is 11.7. The minimum absolute atomic E-state index is 0.116. The molecule has 0 saturated heterocycles. The average Bonchev–Trinajstić information content (AvgIpc) is 2.24. The lowest BCUT2D eigenvalue weighted by atomic mass is 10.2. The van der Waals surface area contributed by atoms with Gasteiger partial charge in [-0.2, -0.15) is 11.8 Å². The van der Waals surface area contributed by atoms with E-state index in [1.165, 1.54) is 18.9 Å². The van der Waals surface area contributed by atoms with Gasteiger partial charge in [0, 0.05) is 5.75 Å². The van der Waals surface area contributed by atoms with Gasteiger partial charge in [-0.15, -0.1) is 6.42 Å². The highest BCUT2D eigenvalue weighted by atomic mass is 32.2. The third-order valence-corrected chi connectivity index (χ3v) is 2.79. The molecule has 84 valence electrons. The Morgan fingerprint density at radius 3 is 2.80 bits per heavy atom. The van der Waals surface area contributed by atoms with Crippen molar-refractivity contribution in [1.82, 2.24) is 5.32 Å². The average molecular weight is 229 g/mol. The van der Waals surface area contributed by atoms with E-state index in [9.17, 15) is 9.59 Å². The summed E-state index contributed by atoms with van der Waals surface area (Å²) in [5.74, 6) is 2.62. The Balaban J connectivity index is 3.57. The molecule has 0 radical (unpaired) electrons. The maximum absolute atomic E-state index is 11.1. The number of rotatable bonds is 6. The Hall–Kier alpha value is -1.15. The molecule has 0 aromatic carbocycles. The van der Waals surface area contributed by atoms with E-state index >= 15 is 0 Å². The van der Waals surface area contributed by atoms with Crippen LogP contribution in [0.2, 0.25) is 0 Å². The Bertz CT molecular complexity index is 260. The summed E-state index contributed by atoms with van der Waals surface area (Å²) in [7, 11) is 1.35. The molecule has 1 unspecified atom stereocenters. The van der Waals surface area contributed by atoms with Gasteiger partial charge < -0.3 is 10.1 Å². The van der Waals surface area contributed by atoms with Crippen molar-refractivity contribution >= 4 is 23.6 Å². The van der Waals surface area contributed by atoms with E-state index in [1.807, 2.05) is 0 Å². The molecule has 15 heavy (non-hydrogen) atoms. The van der Waals surface area contributed by atoms with Crippen LogP contribution in [0.1, 0.15) is 6.92 Å². The SMILES string of the molecule is C#CCNC(=O)CSCC(C)C(=O)OC. The van der Waals surface area contributed by atoms with E-state index in [0.717, 1.165) is 0 Å². The van der Waals surface area contributed by atoms with Crippen molar-refractivity contribution in [3.8, 4) is 12.3 Å². The predicted molar refractivity (Wildman–Crippen MR) is 60.3 cm³/mol. The summed E-state index contributed by atoms with van der Waals surface area (Å²) in [6, 6.07) is 0. The van der Waals surface area contributed by atoms with E-state index in [0.29, 0.717) is 11.5 Å². The molecule has 4 nitrogen and oxygen atoms in total. The van der Waals surface area contributed by atoms with E-state index < -0.39 is 0 Å². The number of ether oxygens (including phenoxy) is 1. The van der Waals surface area contributed by atoms with Gasteiger partial charge in [-0.05, 0) is 0 Å². The first-order valence-corrected chi connectivity index (χ1v) is 5.63. The van der Waals surface area contributed by atoms with E-state index in [1.54, 1.807) is 6.92 Å². The fraction of sp³-hybridized carbons (Fsp3) is 0.600. The highest BCUT2D eigenvalue weighted by Crippen LogP contribution is 2.09. The van der Waals surface area contributed by atoms with Gasteiger partial charge in [0.15, 0.2) is 0 Å². The number of esters is 1. The molecule has 0 spiro atoms. The van der Waals surface area contributed by atoms with Crippen LogP contribution in [0.25, 0.3) is 0 Å². The van der Waals surface area contributed by atoms with Crippen LogP contribution in [-0.2, 0) is 14.3 Å². The normalized spacial score (nSPS) is 11.3. The topological polar surface area (TPSA) is 55.4 Å². The Kier molecular flexibility index (Phi) is 7.56. The molecule has 0 bridgehead atoms. The largest absolute Gasteiger partial charge is 0.469 e. The number of terminal acetylenes is 1. The third kappa shape index (κ3) is 6.86. The number of nitrogens with one attached hydrogen (secondary N) is 1. The molecule has 0 aliphatic heterocycles. The van der Waals surface area contributed by atoms with E-state index in [2.05, 4.69) is 16.0 Å². The number of thioether (sulfide) groups is 1. The number of hydrogen-bond donors (Lipinski definition) is 1. The van der Waals surface area contributed by atoms with Crippen molar-refractivity contribution in [1.29, 1.82) is 0 Å². The predicted octanol–water partition coefficient (Wildman–Crippen LogP) is 0.278. The number of methoxy groups -OCH3 is 1. The second-order valence-electron chi connectivity index (χ2n) is 2.92. The lowest BCUT2D eigenvalue weighted by Gasteiger charge is -2.07. The monoisotopic (exact) mass is 229 g/mol. The molecular weight excluding hydrogens is 214 g/mol. The van der Waals surface area contributed by atoms with Gasteiger partial charge in [0.1, 0.15) is 0 Å². The standard InChI is InChI=1S/C10H15NO3S/c1-4-5-11-9(12)7-15-6-8(2)10(13)14-3/h1,8H,5-7H2,2-3H3,(H,11,12). The minimum atomic E-state index is -0.258. The van der Waals surface area contributed by atoms with Gasteiger partial charge in [0.05, 0.1) is 25.3 Å². The Labute approximate surface area is 94.1 Å². The summed E-state index contributed by atoms with van der Waals surface area (Å²) in [5, 5.41) is 2.54. The van der Waals surface area contributed by atoms with Crippen LogP contribution in [-0.4, -0.2) is 37.0 Å². The maximum atomic E-state index is 11.1. The zero-order valence-corrected chi connectivity index (χ0v) is 9.73. The molecule has 0 fully saturated rings. The zero-order valence-electron chi connectivity index (χ0n) is 8.91. The lowest BCUT2D eigenvalue weighted by Crippen LogP contribution is -2.26. The molecule has 0 aromatic rings. The van der Waals surface area contributed by atoms with Crippen molar-refractivity contribution < 1.29 is 14.3 Å². The van der Waals surface area contributed by atoms with Crippen LogP contribution in [0, 0.1) is 18.3 Å². The molecule has 0 aliphatic rings. The molecular formula is C10H15NO3S. The molecule has 1 N–H and O–H groups in total.